The number of nitrogens with one attached hydrogen (secondary N) is 2. The normalized spacial score (nSPS) is 12.9. The number of nitro benzene ring substituents is 1. The maximum atomic E-state index is 11.9. The molecule has 2 aromatic rings. The number of hydrogen-bond donors (Lipinski definition) is 3. The molecule has 2 amide bonds. The number of anilines is 1. The molecule has 1 unspecified atom stereocenters. The van der Waals surface area contributed by atoms with Gasteiger partial charge in [0.2, 0.25) is 6.79 Å². The van der Waals surface area contributed by atoms with Gasteiger partial charge in [0.1, 0.15) is 0 Å². The van der Waals surface area contributed by atoms with Crippen molar-refractivity contribution >= 4 is 23.2 Å². The Bertz CT molecular complexity index is 899. The average molecular weight is 387 g/mol. The maximum Gasteiger partial charge on any atom is 0.313 e. The number of aliphatic hydroxyl groups excluding tert-OH is 1. The van der Waals surface area contributed by atoms with Gasteiger partial charge in [0.25, 0.3) is 5.69 Å². The first kappa shape index (κ1) is 19.1. The number of rotatable bonds is 6. The number of aliphatic hydroxyl groups is 1. The predicted molar refractivity (Wildman–Crippen MR) is 96.9 cm³/mol. The Kier molecular flexibility index (Phi) is 5.70. The van der Waals surface area contributed by atoms with Gasteiger partial charge in [-0.1, -0.05) is 6.07 Å². The highest BCUT2D eigenvalue weighted by Crippen LogP contribution is 2.34. The fraction of sp³-hybridized carbons (Fsp3) is 0.222. The van der Waals surface area contributed by atoms with Crippen molar-refractivity contribution in [3.05, 3.63) is 58.1 Å². The zero-order valence-corrected chi connectivity index (χ0v) is 14.6. The quantitative estimate of drug-likeness (QED) is 0.388. The zero-order valence-electron chi connectivity index (χ0n) is 14.6. The van der Waals surface area contributed by atoms with E-state index in [1.165, 1.54) is 24.3 Å². The van der Waals surface area contributed by atoms with Crippen LogP contribution in [0, 0.1) is 10.1 Å². The Morgan fingerprint density at radius 1 is 1.11 bits per heavy atom. The third-order valence-corrected chi connectivity index (χ3v) is 4.03. The molecule has 3 rings (SSSR count). The second-order valence-electron chi connectivity index (χ2n) is 5.93. The number of carbonyl (C=O) groups excluding carboxylic acids is 2. The van der Waals surface area contributed by atoms with Gasteiger partial charge in [0, 0.05) is 24.4 Å². The Labute approximate surface area is 159 Å². The van der Waals surface area contributed by atoms with Crippen molar-refractivity contribution in [1.29, 1.82) is 0 Å². The van der Waals surface area contributed by atoms with Gasteiger partial charge in [0.15, 0.2) is 11.5 Å². The van der Waals surface area contributed by atoms with Crippen LogP contribution in [0.2, 0.25) is 0 Å². The highest BCUT2D eigenvalue weighted by atomic mass is 16.7. The van der Waals surface area contributed by atoms with E-state index >= 15 is 0 Å². The number of ether oxygens (including phenoxy) is 2. The summed E-state index contributed by atoms with van der Waals surface area (Å²) >= 11 is 0. The van der Waals surface area contributed by atoms with Crippen molar-refractivity contribution in [3.63, 3.8) is 0 Å². The number of carbonyl (C=O) groups is 2. The first-order valence-corrected chi connectivity index (χ1v) is 8.35. The largest absolute Gasteiger partial charge is 0.454 e. The van der Waals surface area contributed by atoms with Crippen LogP contribution in [0.3, 0.4) is 0 Å². The van der Waals surface area contributed by atoms with Gasteiger partial charge >= 0.3 is 11.8 Å². The number of nitrogens with zero attached hydrogens (tertiary/aromatic N) is 1. The van der Waals surface area contributed by atoms with E-state index in [9.17, 15) is 24.8 Å². The van der Waals surface area contributed by atoms with Gasteiger partial charge in [0.05, 0.1) is 11.0 Å². The first-order chi connectivity index (χ1) is 13.4. The summed E-state index contributed by atoms with van der Waals surface area (Å²) in [5.41, 5.74) is 0.736. The molecule has 3 N–H and O–H groups in total. The molecule has 1 atom stereocenters. The molecule has 2 aromatic carbocycles. The van der Waals surface area contributed by atoms with E-state index in [4.69, 9.17) is 9.47 Å². The molecule has 10 nitrogen and oxygen atoms in total. The van der Waals surface area contributed by atoms with Gasteiger partial charge in [-0.05, 0) is 36.2 Å². The van der Waals surface area contributed by atoms with Crippen molar-refractivity contribution in [1.82, 2.24) is 5.32 Å². The van der Waals surface area contributed by atoms with E-state index in [0.717, 1.165) is 0 Å². The summed E-state index contributed by atoms with van der Waals surface area (Å²) in [6, 6.07) is 10.1. The average Bonchev–Trinajstić information content (AvgIpc) is 3.16. The van der Waals surface area contributed by atoms with Gasteiger partial charge < -0.3 is 25.2 Å². The lowest BCUT2D eigenvalue weighted by Crippen LogP contribution is -2.36. The molecule has 146 valence electrons. The van der Waals surface area contributed by atoms with Crippen LogP contribution in [-0.2, 0) is 9.59 Å². The smallest absolute Gasteiger partial charge is 0.313 e. The van der Waals surface area contributed by atoms with E-state index in [1.54, 1.807) is 18.2 Å². The monoisotopic (exact) mass is 387 g/mol. The number of nitro groups is 1. The lowest BCUT2D eigenvalue weighted by molar-refractivity contribution is -0.384. The topological polar surface area (TPSA) is 140 Å². The van der Waals surface area contributed by atoms with Crippen molar-refractivity contribution in [2.75, 3.05) is 18.7 Å². The predicted octanol–water partition coefficient (Wildman–Crippen LogP) is 1.50. The maximum absolute atomic E-state index is 11.9. The van der Waals surface area contributed by atoms with Crippen LogP contribution < -0.4 is 20.1 Å². The molecule has 0 bridgehead atoms. The van der Waals surface area contributed by atoms with Gasteiger partial charge in [-0.3, -0.25) is 19.7 Å². The number of hydrogen-bond acceptors (Lipinski definition) is 7. The summed E-state index contributed by atoms with van der Waals surface area (Å²) in [6.07, 6.45) is -0.663. The highest BCUT2D eigenvalue weighted by Gasteiger charge is 2.18. The molecular formula is C18H17N3O7. The molecule has 0 aromatic heterocycles. The summed E-state index contributed by atoms with van der Waals surface area (Å²) in [5, 5.41) is 25.5. The van der Waals surface area contributed by atoms with Crippen molar-refractivity contribution in [3.8, 4) is 11.5 Å². The molecule has 0 fully saturated rings. The lowest BCUT2D eigenvalue weighted by Gasteiger charge is -2.12. The van der Waals surface area contributed by atoms with Crippen LogP contribution in [0.5, 0.6) is 11.5 Å². The molecule has 1 heterocycles. The van der Waals surface area contributed by atoms with E-state index in [0.29, 0.717) is 17.1 Å². The van der Waals surface area contributed by atoms with E-state index in [-0.39, 0.29) is 31.1 Å². The molecule has 1 aliphatic rings. The number of amides is 2. The molecule has 0 spiro atoms. The summed E-state index contributed by atoms with van der Waals surface area (Å²) in [4.78, 5) is 33.7. The van der Waals surface area contributed by atoms with Crippen molar-refractivity contribution < 1.29 is 29.1 Å². The second kappa shape index (κ2) is 8.35. The lowest BCUT2D eigenvalue weighted by atomic mass is 10.1. The van der Waals surface area contributed by atoms with Gasteiger partial charge in [-0.2, -0.15) is 0 Å². The minimum absolute atomic E-state index is 0.0716. The summed E-state index contributed by atoms with van der Waals surface area (Å²) < 4.78 is 10.4. The van der Waals surface area contributed by atoms with Crippen LogP contribution in [0.15, 0.2) is 42.5 Å². The molecule has 0 saturated heterocycles. The van der Waals surface area contributed by atoms with E-state index in [2.05, 4.69) is 10.6 Å². The molecule has 0 saturated carbocycles. The Balaban J connectivity index is 1.45. The van der Waals surface area contributed by atoms with Crippen molar-refractivity contribution in [2.24, 2.45) is 0 Å². The molecule has 10 heteroatoms. The molecule has 1 aliphatic heterocycles. The van der Waals surface area contributed by atoms with Gasteiger partial charge in [-0.25, -0.2) is 0 Å². The Morgan fingerprint density at radius 2 is 1.82 bits per heavy atom. The van der Waals surface area contributed by atoms with Crippen LogP contribution in [0.4, 0.5) is 11.4 Å². The van der Waals surface area contributed by atoms with Crippen molar-refractivity contribution in [2.45, 2.75) is 12.5 Å². The number of fused-ring (bicyclic) bond motifs is 1. The fourth-order valence-electron chi connectivity index (χ4n) is 2.54. The molecule has 28 heavy (non-hydrogen) atoms. The van der Waals surface area contributed by atoms with E-state index < -0.39 is 22.8 Å². The number of non-ortho nitro benzene ring substituents is 1. The number of benzene rings is 2. The van der Waals surface area contributed by atoms with Crippen LogP contribution in [-0.4, -0.2) is 35.2 Å². The summed E-state index contributed by atoms with van der Waals surface area (Å²) in [7, 11) is 0. The molecular weight excluding hydrogens is 370 g/mol. The summed E-state index contributed by atoms with van der Waals surface area (Å²) in [6.45, 7) is 0.205. The highest BCUT2D eigenvalue weighted by molar-refractivity contribution is 6.39. The fourth-order valence-corrected chi connectivity index (χ4v) is 2.54. The van der Waals surface area contributed by atoms with Crippen LogP contribution in [0.1, 0.15) is 18.1 Å². The third-order valence-electron chi connectivity index (χ3n) is 4.03. The Hall–Kier alpha value is -3.66. The second-order valence-corrected chi connectivity index (χ2v) is 5.93. The van der Waals surface area contributed by atoms with Gasteiger partial charge in [-0.15, -0.1) is 0 Å². The zero-order chi connectivity index (χ0) is 20.1. The molecule has 0 radical (unpaired) electrons. The molecule has 0 aliphatic carbocycles. The third kappa shape index (κ3) is 4.54. The van der Waals surface area contributed by atoms with Crippen LogP contribution in [0.25, 0.3) is 0 Å². The minimum Gasteiger partial charge on any atom is -0.454 e. The van der Waals surface area contributed by atoms with E-state index in [1.807, 2.05) is 0 Å². The first-order valence-electron chi connectivity index (χ1n) is 8.35. The van der Waals surface area contributed by atoms with Crippen LogP contribution >= 0.6 is 0 Å². The SMILES string of the molecule is O=C(NCCC(O)c1ccc2c(c1)OCO2)C(=O)Nc1ccc([N+](=O)[O-])cc1. The Morgan fingerprint density at radius 3 is 2.54 bits per heavy atom. The summed E-state index contributed by atoms with van der Waals surface area (Å²) in [5.74, 6) is -0.641. The standard InChI is InChI=1S/C18H17N3O7/c22-14(11-1-6-15-16(9-11)28-10-27-15)7-8-19-17(23)18(24)20-12-2-4-13(5-3-12)21(25)26/h1-6,9,14,22H,7-8,10H2,(H,19,23)(H,20,24). The minimum atomic E-state index is -0.911.